The molecule has 1 aromatic carbocycles. The van der Waals surface area contributed by atoms with Gasteiger partial charge in [0.1, 0.15) is 22.9 Å². The Balaban J connectivity index is 0.857. The van der Waals surface area contributed by atoms with Crippen molar-refractivity contribution >= 4 is 51.7 Å². The summed E-state index contributed by atoms with van der Waals surface area (Å²) in [5.41, 5.74) is 4.00. The van der Waals surface area contributed by atoms with Crippen LogP contribution in [0.5, 0.6) is 5.75 Å². The Bertz CT molecular complexity index is 2380. The number of carbonyl (C=O) groups excluding carboxylic acids is 4. The van der Waals surface area contributed by atoms with Gasteiger partial charge in [-0.2, -0.15) is 5.10 Å². The Kier molecular flexibility index (Phi) is 10.8. The molecule has 0 spiro atoms. The van der Waals surface area contributed by atoms with Crippen LogP contribution in [0.4, 0.5) is 20.3 Å². The van der Waals surface area contributed by atoms with E-state index in [1.54, 1.807) is 21.3 Å². The van der Waals surface area contributed by atoms with Crippen LogP contribution in [-0.2, 0) is 21.4 Å². The first-order valence-electron chi connectivity index (χ1n) is 20.0. The number of aromatic nitrogens is 5. The van der Waals surface area contributed by atoms with E-state index in [0.717, 1.165) is 61.1 Å². The number of piperidine rings is 3. The van der Waals surface area contributed by atoms with E-state index in [1.165, 1.54) is 18.2 Å². The van der Waals surface area contributed by atoms with Crippen LogP contribution >= 0.6 is 0 Å². The van der Waals surface area contributed by atoms with Crippen molar-refractivity contribution in [2.75, 3.05) is 36.4 Å². The molecule has 58 heavy (non-hydrogen) atoms. The Morgan fingerprint density at radius 2 is 1.74 bits per heavy atom. The molecule has 4 aromatic heterocycles. The number of amides is 4. The number of nitrogens with one attached hydrogen (secondary N) is 2. The lowest BCUT2D eigenvalue weighted by molar-refractivity contribution is -0.135. The predicted molar refractivity (Wildman–Crippen MR) is 212 cm³/mol. The number of imide groups is 1. The smallest absolute Gasteiger partial charge is 0.280 e. The second-order valence-corrected chi connectivity index (χ2v) is 15.9. The van der Waals surface area contributed by atoms with Crippen LogP contribution in [0.2, 0.25) is 0 Å². The van der Waals surface area contributed by atoms with Gasteiger partial charge in [-0.05, 0) is 82.2 Å². The third-order valence-corrected chi connectivity index (χ3v) is 11.6. The molecule has 2 N–H and O–H groups in total. The fraction of sp³-hybridized carbons (Fsp3) is 0.452. The Labute approximate surface area is 333 Å². The number of likely N-dealkylation sites (tertiary alicyclic amines) is 1. The molecule has 0 saturated carbocycles. The van der Waals surface area contributed by atoms with Gasteiger partial charge in [0.05, 0.1) is 34.5 Å². The normalized spacial score (nSPS) is 18.4. The molecule has 3 fully saturated rings. The van der Waals surface area contributed by atoms with Crippen molar-refractivity contribution in [1.82, 2.24) is 34.4 Å². The third-order valence-electron chi connectivity index (χ3n) is 11.6. The number of benzene rings is 1. The largest absolute Gasteiger partial charge is 0.490 e. The highest BCUT2D eigenvalue weighted by Crippen LogP contribution is 2.35. The average molecular weight is 796 g/mol. The summed E-state index contributed by atoms with van der Waals surface area (Å²) >= 11 is 0. The molecule has 16 heteroatoms. The van der Waals surface area contributed by atoms with Crippen molar-refractivity contribution in [3.05, 3.63) is 77.5 Å². The van der Waals surface area contributed by atoms with E-state index < -0.39 is 23.9 Å². The number of nitrogens with zero attached hydrogens (tertiary/aromatic N) is 7. The molecule has 7 heterocycles. The van der Waals surface area contributed by atoms with Gasteiger partial charge in [0, 0.05) is 81.5 Å². The number of rotatable bonds is 10. The number of anilines is 2. The standard InChI is InChI=1S/C42H47F2N9O5/c1-24(2)58-34-21-36-46-32(23-53(36)22-30(34)42(57)47-35-6-4-5-31(45-35)40(43)44)26-13-17-52(18-14-26)38(55)19-25-11-15-51(16-12-25)27-7-8-28-33(20-27)50(3)49-39(28)29-9-10-37(54)48-41(29)56/h4-8,20-26,29,40H,9-19H2,1-3H3,(H,45,47,57)(H,48,54,56). The van der Waals surface area contributed by atoms with Crippen LogP contribution in [-0.4, -0.2) is 85.0 Å². The molecule has 0 radical (unpaired) electrons. The summed E-state index contributed by atoms with van der Waals surface area (Å²) in [7, 11) is 1.88. The van der Waals surface area contributed by atoms with E-state index >= 15 is 0 Å². The topological polar surface area (TPSA) is 156 Å². The summed E-state index contributed by atoms with van der Waals surface area (Å²) in [6, 6.07) is 12.0. The lowest BCUT2D eigenvalue weighted by atomic mass is 9.90. The number of pyridine rings is 2. The van der Waals surface area contributed by atoms with Gasteiger partial charge in [-0.15, -0.1) is 0 Å². The zero-order chi connectivity index (χ0) is 40.7. The zero-order valence-corrected chi connectivity index (χ0v) is 32.8. The van der Waals surface area contributed by atoms with Gasteiger partial charge in [-0.3, -0.25) is 29.2 Å². The number of fused-ring (bicyclic) bond motifs is 2. The highest BCUT2D eigenvalue weighted by atomic mass is 19.3. The molecule has 8 rings (SSSR count). The molecule has 3 saturated heterocycles. The summed E-state index contributed by atoms with van der Waals surface area (Å²) in [5.74, 6) is -0.562. The van der Waals surface area contributed by atoms with Crippen molar-refractivity contribution < 1.29 is 32.7 Å². The van der Waals surface area contributed by atoms with Gasteiger partial charge in [-0.1, -0.05) is 6.07 Å². The lowest BCUT2D eigenvalue weighted by Gasteiger charge is -2.36. The van der Waals surface area contributed by atoms with Crippen LogP contribution in [0, 0.1) is 5.92 Å². The molecular weight excluding hydrogens is 749 g/mol. The molecule has 5 aromatic rings. The molecule has 0 aliphatic carbocycles. The van der Waals surface area contributed by atoms with Crippen LogP contribution in [0.25, 0.3) is 16.6 Å². The molecule has 3 aliphatic rings. The highest BCUT2D eigenvalue weighted by molar-refractivity contribution is 6.06. The van der Waals surface area contributed by atoms with E-state index in [4.69, 9.17) is 9.72 Å². The highest BCUT2D eigenvalue weighted by Gasteiger charge is 2.33. The van der Waals surface area contributed by atoms with Gasteiger partial charge in [0.2, 0.25) is 17.7 Å². The average Bonchev–Trinajstić information content (AvgIpc) is 3.77. The molecule has 0 bridgehead atoms. The first kappa shape index (κ1) is 38.9. The number of aryl methyl sites for hydroxylation is 1. The number of carbonyl (C=O) groups is 4. The Hall–Kier alpha value is -5.93. The van der Waals surface area contributed by atoms with Gasteiger partial charge < -0.3 is 24.3 Å². The van der Waals surface area contributed by atoms with E-state index in [9.17, 15) is 28.0 Å². The molecule has 14 nitrogen and oxygen atoms in total. The van der Waals surface area contributed by atoms with Crippen molar-refractivity contribution in [1.29, 1.82) is 0 Å². The Morgan fingerprint density at radius 3 is 2.47 bits per heavy atom. The van der Waals surface area contributed by atoms with Gasteiger partial charge in [-0.25, -0.2) is 18.7 Å². The molecule has 304 valence electrons. The number of hydrogen-bond donors (Lipinski definition) is 2. The summed E-state index contributed by atoms with van der Waals surface area (Å²) in [5, 5.41) is 10.7. The first-order chi connectivity index (χ1) is 27.9. The van der Waals surface area contributed by atoms with Crippen LogP contribution < -0.4 is 20.3 Å². The lowest BCUT2D eigenvalue weighted by Crippen LogP contribution is -2.40. The summed E-state index contributed by atoms with van der Waals surface area (Å²) in [6.45, 7) is 6.66. The maximum atomic E-state index is 13.5. The van der Waals surface area contributed by atoms with Gasteiger partial charge in [0.15, 0.2) is 0 Å². The van der Waals surface area contributed by atoms with Crippen molar-refractivity contribution in [2.45, 2.75) is 83.2 Å². The second-order valence-electron chi connectivity index (χ2n) is 15.9. The maximum absolute atomic E-state index is 13.5. The number of halogens is 2. The molecule has 4 amide bonds. The molecule has 1 unspecified atom stereocenters. The monoisotopic (exact) mass is 795 g/mol. The van der Waals surface area contributed by atoms with Crippen molar-refractivity contribution in [3.8, 4) is 5.75 Å². The zero-order valence-electron chi connectivity index (χ0n) is 32.8. The van der Waals surface area contributed by atoms with Gasteiger partial charge >= 0.3 is 0 Å². The molecule has 3 aliphatic heterocycles. The summed E-state index contributed by atoms with van der Waals surface area (Å²) < 4.78 is 36.0. The summed E-state index contributed by atoms with van der Waals surface area (Å²) in [6.07, 6.45) is 5.19. The van der Waals surface area contributed by atoms with E-state index in [2.05, 4.69) is 37.7 Å². The minimum absolute atomic E-state index is 0.0139. The Morgan fingerprint density at radius 1 is 0.966 bits per heavy atom. The van der Waals surface area contributed by atoms with Crippen LogP contribution in [0.15, 0.2) is 54.9 Å². The molecule has 1 atom stereocenters. The van der Waals surface area contributed by atoms with Crippen molar-refractivity contribution in [2.24, 2.45) is 13.0 Å². The first-order valence-corrected chi connectivity index (χ1v) is 20.0. The third kappa shape index (κ3) is 8.09. The molecular formula is C42H47F2N9O5. The number of ether oxygens (including phenoxy) is 1. The second kappa shape index (κ2) is 16.1. The summed E-state index contributed by atoms with van der Waals surface area (Å²) in [4.78, 5) is 64.2. The number of alkyl halides is 2. The van der Waals surface area contributed by atoms with E-state index in [0.29, 0.717) is 55.4 Å². The van der Waals surface area contributed by atoms with Gasteiger partial charge in [0.25, 0.3) is 12.3 Å². The van der Waals surface area contributed by atoms with E-state index in [1.807, 2.05) is 38.1 Å². The number of hydrogen-bond acceptors (Lipinski definition) is 9. The minimum Gasteiger partial charge on any atom is -0.490 e. The quantitative estimate of drug-likeness (QED) is 0.159. The fourth-order valence-corrected chi connectivity index (χ4v) is 8.46. The van der Waals surface area contributed by atoms with Crippen LogP contribution in [0.1, 0.15) is 104 Å². The van der Waals surface area contributed by atoms with Crippen molar-refractivity contribution in [3.63, 3.8) is 0 Å². The SMILES string of the molecule is CC(C)Oc1cc2nc(C3CCN(C(=O)CC4CCN(c5ccc6c(C7CCC(=O)NC7=O)nn(C)c6c5)CC4)CC3)cn2cc1C(=O)Nc1cccc(C(F)F)n1. The van der Waals surface area contributed by atoms with E-state index in [-0.39, 0.29) is 41.1 Å². The predicted octanol–water partition coefficient (Wildman–Crippen LogP) is 6.13. The van der Waals surface area contributed by atoms with Crippen LogP contribution in [0.3, 0.4) is 0 Å². The fourth-order valence-electron chi connectivity index (χ4n) is 8.46. The minimum atomic E-state index is -2.76. The number of imidazole rings is 1. The maximum Gasteiger partial charge on any atom is 0.280 e.